The van der Waals surface area contributed by atoms with Crippen LogP contribution < -0.4 is 10.9 Å². The highest BCUT2D eigenvalue weighted by atomic mass is 16.6. The van der Waals surface area contributed by atoms with E-state index in [4.69, 9.17) is 9.15 Å². The molecule has 5 heteroatoms. The molecule has 0 fully saturated rings. The molecule has 0 radical (unpaired) electrons. The van der Waals surface area contributed by atoms with E-state index in [1.807, 2.05) is 0 Å². The maximum atomic E-state index is 11.1. The van der Waals surface area contributed by atoms with Gasteiger partial charge in [-0.3, -0.25) is 5.43 Å². The Bertz CT molecular complexity index is 288. The van der Waals surface area contributed by atoms with E-state index in [1.165, 1.54) is 12.5 Å². The minimum atomic E-state index is -0.529. The normalized spacial score (nSPS) is 10.8. The van der Waals surface area contributed by atoms with E-state index in [0.717, 1.165) is 0 Å². The fourth-order valence-electron chi connectivity index (χ4n) is 0.762. The van der Waals surface area contributed by atoms with Crippen molar-refractivity contribution in [1.82, 2.24) is 5.43 Å². The summed E-state index contributed by atoms with van der Waals surface area (Å²) in [6.07, 6.45) is 2.44. The highest BCUT2D eigenvalue weighted by Gasteiger charge is 2.15. The van der Waals surface area contributed by atoms with E-state index >= 15 is 0 Å². The first-order valence-electron chi connectivity index (χ1n) is 4.24. The summed E-state index contributed by atoms with van der Waals surface area (Å²) in [6, 6.07) is 1.68. The van der Waals surface area contributed by atoms with Crippen LogP contribution in [0.5, 0.6) is 0 Å². The van der Waals surface area contributed by atoms with Crippen molar-refractivity contribution in [1.29, 1.82) is 0 Å². The van der Waals surface area contributed by atoms with Crippen LogP contribution in [0, 0.1) is 0 Å². The van der Waals surface area contributed by atoms with Gasteiger partial charge in [0.15, 0.2) is 0 Å². The van der Waals surface area contributed by atoms with Crippen LogP contribution in [-0.4, -0.2) is 11.7 Å². The molecule has 1 amide bonds. The third-order valence-corrected chi connectivity index (χ3v) is 1.23. The lowest BCUT2D eigenvalue weighted by Crippen LogP contribution is -2.35. The monoisotopic (exact) mass is 198 g/mol. The molecule has 1 aromatic rings. The van der Waals surface area contributed by atoms with Gasteiger partial charge in [0.05, 0.1) is 12.0 Å². The predicted octanol–water partition coefficient (Wildman–Crippen LogP) is 2.13. The summed E-state index contributed by atoms with van der Waals surface area (Å²) in [5.41, 5.74) is 5.16. The molecule has 0 atom stereocenters. The first kappa shape index (κ1) is 10.4. The zero-order valence-corrected chi connectivity index (χ0v) is 8.46. The van der Waals surface area contributed by atoms with E-state index < -0.39 is 11.7 Å². The van der Waals surface area contributed by atoms with Crippen LogP contribution in [-0.2, 0) is 4.74 Å². The number of furan rings is 1. The zero-order chi connectivity index (χ0) is 10.6. The minimum absolute atomic E-state index is 0.498. The van der Waals surface area contributed by atoms with Crippen LogP contribution >= 0.6 is 0 Å². The van der Waals surface area contributed by atoms with E-state index in [0.29, 0.717) is 5.69 Å². The molecule has 1 aromatic heterocycles. The maximum absolute atomic E-state index is 11.1. The van der Waals surface area contributed by atoms with Gasteiger partial charge in [0, 0.05) is 6.07 Å². The van der Waals surface area contributed by atoms with E-state index in [9.17, 15) is 4.79 Å². The number of amides is 1. The third-order valence-electron chi connectivity index (χ3n) is 1.23. The lowest BCUT2D eigenvalue weighted by molar-refractivity contribution is 0.0541. The number of ether oxygens (including phenoxy) is 1. The standard InChI is InChI=1S/C9H14N2O3/c1-9(2,3)14-8(12)11-10-7-4-5-13-6-7/h4-6,10H,1-3H3,(H,11,12). The van der Waals surface area contributed by atoms with Gasteiger partial charge in [-0.05, 0) is 20.8 Å². The Labute approximate surface area is 82.4 Å². The van der Waals surface area contributed by atoms with Gasteiger partial charge in [-0.1, -0.05) is 0 Å². The molecule has 1 heterocycles. The Morgan fingerprint density at radius 3 is 2.71 bits per heavy atom. The Hall–Kier alpha value is -1.65. The number of carbonyl (C=O) groups excluding carboxylic acids is 1. The fourth-order valence-corrected chi connectivity index (χ4v) is 0.762. The van der Waals surface area contributed by atoms with Crippen molar-refractivity contribution in [3.05, 3.63) is 18.6 Å². The molecule has 0 aromatic carbocycles. The largest absolute Gasteiger partial charge is 0.470 e. The Kier molecular flexibility index (Phi) is 3.01. The lowest BCUT2D eigenvalue weighted by Gasteiger charge is -2.19. The van der Waals surface area contributed by atoms with Crippen LogP contribution in [0.3, 0.4) is 0 Å². The zero-order valence-electron chi connectivity index (χ0n) is 8.46. The summed E-state index contributed by atoms with van der Waals surface area (Å²) >= 11 is 0. The number of carbonyl (C=O) groups is 1. The molecule has 0 spiro atoms. The van der Waals surface area contributed by atoms with Gasteiger partial charge in [0.1, 0.15) is 11.9 Å². The Morgan fingerprint density at radius 2 is 2.21 bits per heavy atom. The summed E-state index contributed by atoms with van der Waals surface area (Å²) in [7, 11) is 0. The van der Waals surface area contributed by atoms with Gasteiger partial charge in [0.25, 0.3) is 0 Å². The van der Waals surface area contributed by atoms with Gasteiger partial charge in [-0.2, -0.15) is 0 Å². The predicted molar refractivity (Wildman–Crippen MR) is 51.7 cm³/mol. The molecular formula is C9H14N2O3. The van der Waals surface area contributed by atoms with Crippen LogP contribution in [0.1, 0.15) is 20.8 Å². The summed E-state index contributed by atoms with van der Waals surface area (Å²) in [5, 5.41) is 0. The van der Waals surface area contributed by atoms with Gasteiger partial charge < -0.3 is 9.15 Å². The van der Waals surface area contributed by atoms with E-state index in [2.05, 4.69) is 10.9 Å². The molecule has 0 bridgehead atoms. The molecule has 5 nitrogen and oxygen atoms in total. The van der Waals surface area contributed by atoms with E-state index in [-0.39, 0.29) is 0 Å². The van der Waals surface area contributed by atoms with Gasteiger partial charge in [-0.15, -0.1) is 0 Å². The number of rotatable bonds is 2. The van der Waals surface area contributed by atoms with E-state index in [1.54, 1.807) is 26.8 Å². The van der Waals surface area contributed by atoms with Crippen molar-refractivity contribution in [3.8, 4) is 0 Å². The van der Waals surface area contributed by atoms with Crippen molar-refractivity contribution in [2.45, 2.75) is 26.4 Å². The van der Waals surface area contributed by atoms with Gasteiger partial charge >= 0.3 is 6.09 Å². The SMILES string of the molecule is CC(C)(C)OC(=O)NNc1ccoc1. The number of nitrogens with one attached hydrogen (secondary N) is 2. The summed E-state index contributed by atoms with van der Waals surface area (Å²) in [6.45, 7) is 5.39. The maximum Gasteiger partial charge on any atom is 0.426 e. The summed E-state index contributed by atoms with van der Waals surface area (Å²) in [5.74, 6) is 0. The van der Waals surface area contributed by atoms with Gasteiger partial charge in [0.2, 0.25) is 0 Å². The quantitative estimate of drug-likeness (QED) is 0.714. The molecule has 0 saturated carbocycles. The van der Waals surface area contributed by atoms with Crippen LogP contribution in [0.15, 0.2) is 23.0 Å². The highest BCUT2D eigenvalue weighted by molar-refractivity contribution is 5.69. The van der Waals surface area contributed by atoms with Crippen LogP contribution in [0.2, 0.25) is 0 Å². The number of hydrazine groups is 1. The number of hydrogen-bond acceptors (Lipinski definition) is 4. The van der Waals surface area contributed by atoms with Gasteiger partial charge in [-0.25, -0.2) is 10.2 Å². The summed E-state index contributed by atoms with van der Waals surface area (Å²) in [4.78, 5) is 11.1. The molecule has 78 valence electrons. The Balaban J connectivity index is 2.29. The van der Waals surface area contributed by atoms with Crippen molar-refractivity contribution < 1.29 is 13.9 Å². The smallest absolute Gasteiger partial charge is 0.426 e. The topological polar surface area (TPSA) is 63.5 Å². The molecule has 2 N–H and O–H groups in total. The highest BCUT2D eigenvalue weighted by Crippen LogP contribution is 2.07. The number of hydrogen-bond donors (Lipinski definition) is 2. The molecule has 1 rings (SSSR count). The molecule has 14 heavy (non-hydrogen) atoms. The first-order chi connectivity index (χ1) is 6.47. The Morgan fingerprint density at radius 1 is 1.50 bits per heavy atom. The molecule has 0 aliphatic carbocycles. The molecule has 0 unspecified atom stereocenters. The average molecular weight is 198 g/mol. The average Bonchev–Trinajstić information content (AvgIpc) is 2.49. The first-order valence-corrected chi connectivity index (χ1v) is 4.24. The van der Waals surface area contributed by atoms with Crippen LogP contribution in [0.4, 0.5) is 10.5 Å². The second-order valence-corrected chi connectivity index (χ2v) is 3.76. The van der Waals surface area contributed by atoms with Crippen molar-refractivity contribution in [2.24, 2.45) is 0 Å². The van der Waals surface area contributed by atoms with Crippen LogP contribution in [0.25, 0.3) is 0 Å². The summed E-state index contributed by atoms with van der Waals surface area (Å²) < 4.78 is 9.79. The third kappa shape index (κ3) is 3.84. The molecule has 0 saturated heterocycles. The molecule has 0 aliphatic rings. The fraction of sp³-hybridized carbons (Fsp3) is 0.444. The second kappa shape index (κ2) is 4.04. The van der Waals surface area contributed by atoms with Crippen molar-refractivity contribution >= 4 is 11.8 Å². The lowest BCUT2D eigenvalue weighted by atomic mass is 10.2. The number of anilines is 1. The second-order valence-electron chi connectivity index (χ2n) is 3.76. The van der Waals surface area contributed by atoms with Crippen molar-refractivity contribution in [2.75, 3.05) is 5.43 Å². The molecule has 0 aliphatic heterocycles. The van der Waals surface area contributed by atoms with Crippen molar-refractivity contribution in [3.63, 3.8) is 0 Å². The molecular weight excluding hydrogens is 184 g/mol. The minimum Gasteiger partial charge on any atom is -0.470 e.